The first-order valence-electron chi connectivity index (χ1n) is 5.95. The summed E-state index contributed by atoms with van der Waals surface area (Å²) < 4.78 is 26.4. The highest BCUT2D eigenvalue weighted by atomic mass is 35.5. The van der Waals surface area contributed by atoms with Crippen LogP contribution in [0.25, 0.3) is 0 Å². The van der Waals surface area contributed by atoms with Crippen LogP contribution < -0.4 is 4.72 Å². The number of anilines is 1. The molecule has 0 saturated heterocycles. The fourth-order valence-corrected chi connectivity index (χ4v) is 3.21. The lowest BCUT2D eigenvalue weighted by atomic mass is 10.2. The molecule has 0 aliphatic carbocycles. The van der Waals surface area contributed by atoms with Gasteiger partial charge in [-0.15, -0.1) is 0 Å². The van der Waals surface area contributed by atoms with Gasteiger partial charge in [0.15, 0.2) is 0 Å². The minimum atomic E-state index is -3.59. The molecule has 2 aromatic carbocycles. The summed E-state index contributed by atoms with van der Waals surface area (Å²) in [4.78, 5) is 10.8. The molecule has 0 spiro atoms. The summed E-state index contributed by atoms with van der Waals surface area (Å²) in [7, 11) is -3.59. The molecule has 0 saturated carbocycles. The Morgan fingerprint density at radius 1 is 1.14 bits per heavy atom. The second-order valence-corrected chi connectivity index (χ2v) is 6.48. The highest BCUT2D eigenvalue weighted by Crippen LogP contribution is 2.22. The molecule has 0 radical (unpaired) electrons. The first kappa shape index (κ1) is 15.3. The topological polar surface area (TPSA) is 83.5 Å². The first-order chi connectivity index (χ1) is 9.87. The molecule has 0 aromatic heterocycles. The third-order valence-corrected chi connectivity index (χ3v) is 4.25. The molecule has 2 N–H and O–H groups in total. The van der Waals surface area contributed by atoms with E-state index in [0.29, 0.717) is 5.56 Å². The maximum absolute atomic E-state index is 12.0. The van der Waals surface area contributed by atoms with E-state index in [-0.39, 0.29) is 22.0 Å². The van der Waals surface area contributed by atoms with Gasteiger partial charge in [0.25, 0.3) is 0 Å². The summed E-state index contributed by atoms with van der Waals surface area (Å²) in [5, 5.41) is 8.84. The summed E-state index contributed by atoms with van der Waals surface area (Å²) in [6, 6.07) is 12.6. The number of halogens is 1. The number of aromatic carboxylic acids is 1. The molecule has 0 fully saturated rings. The number of hydrogen-bond acceptors (Lipinski definition) is 3. The lowest BCUT2D eigenvalue weighted by molar-refractivity contribution is 0.0697. The monoisotopic (exact) mass is 325 g/mol. The summed E-state index contributed by atoms with van der Waals surface area (Å²) >= 11 is 5.80. The van der Waals surface area contributed by atoms with Crippen LogP contribution in [0.1, 0.15) is 15.9 Å². The quantitative estimate of drug-likeness (QED) is 0.885. The van der Waals surface area contributed by atoms with Gasteiger partial charge >= 0.3 is 5.97 Å². The summed E-state index contributed by atoms with van der Waals surface area (Å²) in [6.07, 6.45) is 0. The van der Waals surface area contributed by atoms with Crippen molar-refractivity contribution in [3.63, 3.8) is 0 Å². The van der Waals surface area contributed by atoms with E-state index >= 15 is 0 Å². The van der Waals surface area contributed by atoms with E-state index in [0.717, 1.165) is 0 Å². The van der Waals surface area contributed by atoms with Gasteiger partial charge in [-0.1, -0.05) is 41.9 Å². The largest absolute Gasteiger partial charge is 0.478 e. The molecule has 2 rings (SSSR count). The van der Waals surface area contributed by atoms with Crippen molar-refractivity contribution in [1.82, 2.24) is 0 Å². The van der Waals surface area contributed by atoms with Crippen molar-refractivity contribution >= 4 is 33.3 Å². The van der Waals surface area contributed by atoms with Crippen molar-refractivity contribution in [2.45, 2.75) is 5.75 Å². The van der Waals surface area contributed by atoms with Crippen LogP contribution in [0.5, 0.6) is 0 Å². The van der Waals surface area contributed by atoms with Crippen molar-refractivity contribution < 1.29 is 18.3 Å². The van der Waals surface area contributed by atoms with Crippen LogP contribution in [-0.2, 0) is 15.8 Å². The second-order valence-electron chi connectivity index (χ2n) is 4.35. The third kappa shape index (κ3) is 4.21. The van der Waals surface area contributed by atoms with Gasteiger partial charge in [-0.25, -0.2) is 13.2 Å². The SMILES string of the molecule is O=C(O)c1ccc(NS(=O)(=O)Cc2ccccc2)cc1Cl. The van der Waals surface area contributed by atoms with Gasteiger partial charge in [0.2, 0.25) is 10.0 Å². The Kier molecular flexibility index (Phi) is 4.50. The van der Waals surface area contributed by atoms with Gasteiger partial charge < -0.3 is 5.11 Å². The van der Waals surface area contributed by atoms with Crippen molar-refractivity contribution in [3.05, 3.63) is 64.7 Å². The number of sulfonamides is 1. The highest BCUT2D eigenvalue weighted by molar-refractivity contribution is 7.91. The maximum Gasteiger partial charge on any atom is 0.337 e. The average molecular weight is 326 g/mol. The second kappa shape index (κ2) is 6.15. The van der Waals surface area contributed by atoms with Crippen LogP contribution in [0.15, 0.2) is 48.5 Å². The summed E-state index contributed by atoms with van der Waals surface area (Å²) in [5.41, 5.74) is 0.793. The van der Waals surface area contributed by atoms with Crippen molar-refractivity contribution in [1.29, 1.82) is 0 Å². The van der Waals surface area contributed by atoms with Crippen molar-refractivity contribution in [3.8, 4) is 0 Å². The third-order valence-electron chi connectivity index (χ3n) is 2.67. The van der Waals surface area contributed by atoms with Gasteiger partial charge in [0, 0.05) is 0 Å². The molecular weight excluding hydrogens is 314 g/mol. The number of rotatable bonds is 5. The highest BCUT2D eigenvalue weighted by Gasteiger charge is 2.14. The van der Waals surface area contributed by atoms with E-state index in [2.05, 4.69) is 4.72 Å². The Hall–Kier alpha value is -2.05. The Labute approximate surface area is 127 Å². The molecule has 0 aliphatic rings. The molecular formula is C14H12ClNO4S. The van der Waals surface area contributed by atoms with Crippen LogP contribution in [0.4, 0.5) is 5.69 Å². The molecule has 0 unspecified atom stereocenters. The van der Waals surface area contributed by atoms with Gasteiger partial charge in [-0.3, -0.25) is 4.72 Å². The molecule has 2 aromatic rings. The normalized spacial score (nSPS) is 11.1. The molecule has 0 atom stereocenters. The molecule has 0 amide bonds. The Morgan fingerprint density at radius 2 is 1.81 bits per heavy atom. The zero-order valence-corrected chi connectivity index (χ0v) is 12.4. The number of hydrogen-bond donors (Lipinski definition) is 2. The summed E-state index contributed by atoms with van der Waals surface area (Å²) in [5.74, 6) is -1.34. The molecule has 0 heterocycles. The van der Waals surface area contributed by atoms with Gasteiger partial charge in [0.1, 0.15) is 0 Å². The van der Waals surface area contributed by atoms with E-state index in [9.17, 15) is 13.2 Å². The Balaban J connectivity index is 2.17. The minimum Gasteiger partial charge on any atom is -0.478 e. The van der Waals surface area contributed by atoms with Crippen LogP contribution in [-0.4, -0.2) is 19.5 Å². The first-order valence-corrected chi connectivity index (χ1v) is 7.98. The number of carbonyl (C=O) groups is 1. The zero-order chi connectivity index (χ0) is 15.5. The predicted molar refractivity (Wildman–Crippen MR) is 81.1 cm³/mol. The molecule has 0 aliphatic heterocycles. The van der Waals surface area contributed by atoms with Gasteiger partial charge in [-0.2, -0.15) is 0 Å². The zero-order valence-electron chi connectivity index (χ0n) is 10.8. The smallest absolute Gasteiger partial charge is 0.337 e. The van der Waals surface area contributed by atoms with Crippen molar-refractivity contribution in [2.75, 3.05) is 4.72 Å². The predicted octanol–water partition coefficient (Wildman–Crippen LogP) is 2.98. The fraction of sp³-hybridized carbons (Fsp3) is 0.0714. The van der Waals surface area contributed by atoms with Crippen LogP contribution >= 0.6 is 11.6 Å². The van der Waals surface area contributed by atoms with E-state index in [4.69, 9.17) is 16.7 Å². The minimum absolute atomic E-state index is 0.0255. The summed E-state index contributed by atoms with van der Waals surface area (Å²) in [6.45, 7) is 0. The van der Waals surface area contributed by atoms with E-state index in [1.807, 2.05) is 0 Å². The number of nitrogens with one attached hydrogen (secondary N) is 1. The average Bonchev–Trinajstić information content (AvgIpc) is 2.38. The van der Waals surface area contributed by atoms with Gasteiger partial charge in [0.05, 0.1) is 22.0 Å². The Morgan fingerprint density at radius 3 is 2.38 bits per heavy atom. The molecule has 110 valence electrons. The van der Waals surface area contributed by atoms with Gasteiger partial charge in [-0.05, 0) is 23.8 Å². The maximum atomic E-state index is 12.0. The molecule has 7 heteroatoms. The fourth-order valence-electron chi connectivity index (χ4n) is 1.76. The van der Waals surface area contributed by atoms with Crippen LogP contribution in [0, 0.1) is 0 Å². The molecule has 5 nitrogen and oxygen atoms in total. The van der Waals surface area contributed by atoms with E-state index in [1.54, 1.807) is 30.3 Å². The van der Waals surface area contributed by atoms with Crippen molar-refractivity contribution in [2.24, 2.45) is 0 Å². The lowest BCUT2D eigenvalue weighted by Gasteiger charge is -2.09. The molecule has 21 heavy (non-hydrogen) atoms. The van der Waals surface area contributed by atoms with Crippen LogP contribution in [0.2, 0.25) is 5.02 Å². The number of carboxylic acids is 1. The van der Waals surface area contributed by atoms with Crippen LogP contribution in [0.3, 0.4) is 0 Å². The number of carboxylic acid groups (broad SMARTS) is 1. The Bertz CT molecular complexity index is 760. The molecule has 0 bridgehead atoms. The number of benzene rings is 2. The van der Waals surface area contributed by atoms with E-state index in [1.165, 1.54) is 18.2 Å². The standard InChI is InChI=1S/C14H12ClNO4S/c15-13-8-11(6-7-12(13)14(17)18)16-21(19,20)9-10-4-2-1-3-5-10/h1-8,16H,9H2,(H,17,18). The lowest BCUT2D eigenvalue weighted by Crippen LogP contribution is -2.15. The van der Waals surface area contributed by atoms with E-state index < -0.39 is 16.0 Å².